The van der Waals surface area contributed by atoms with Crippen molar-refractivity contribution in [3.63, 3.8) is 0 Å². The fraction of sp³-hybridized carbons (Fsp3) is 0.722. The lowest BCUT2D eigenvalue weighted by atomic mass is 10.2. The quantitative estimate of drug-likeness (QED) is 0.849. The average Bonchev–Trinajstić information content (AvgIpc) is 3.13. The molecule has 0 radical (unpaired) electrons. The zero-order valence-electron chi connectivity index (χ0n) is 15.1. The molecule has 25 heavy (non-hydrogen) atoms. The van der Waals surface area contributed by atoms with E-state index in [1.807, 2.05) is 6.07 Å². The number of anilines is 1. The number of hydrogen-bond donors (Lipinski definition) is 1. The van der Waals surface area contributed by atoms with E-state index in [4.69, 9.17) is 9.47 Å². The molecular weight excluding hydrogens is 320 g/mol. The van der Waals surface area contributed by atoms with Gasteiger partial charge in [-0.25, -0.2) is 9.97 Å². The Balaban J connectivity index is 1.66. The Bertz CT molecular complexity index is 575. The first kappa shape index (κ1) is 18.1. The number of nitrogens with zero attached hydrogens (tertiary/aromatic N) is 3. The van der Waals surface area contributed by atoms with Gasteiger partial charge in [0.05, 0.1) is 19.3 Å². The topological polar surface area (TPSA) is 76.6 Å². The Hall–Kier alpha value is -1.73. The van der Waals surface area contributed by atoms with Crippen molar-refractivity contribution in [3.05, 3.63) is 18.1 Å². The van der Waals surface area contributed by atoms with Crippen molar-refractivity contribution in [2.24, 2.45) is 0 Å². The van der Waals surface area contributed by atoms with Crippen LogP contribution < -0.4 is 5.32 Å². The van der Waals surface area contributed by atoms with Gasteiger partial charge in [-0.3, -0.25) is 4.79 Å². The summed E-state index contributed by atoms with van der Waals surface area (Å²) >= 11 is 0. The molecule has 1 saturated carbocycles. The minimum absolute atomic E-state index is 0.00831. The third kappa shape index (κ3) is 4.89. The van der Waals surface area contributed by atoms with E-state index in [9.17, 15) is 4.79 Å². The molecule has 2 heterocycles. The zero-order chi connectivity index (χ0) is 17.6. The molecule has 0 unspecified atom stereocenters. The molecule has 1 atom stereocenters. The maximum Gasteiger partial charge on any atom is 0.249 e. The van der Waals surface area contributed by atoms with Crippen molar-refractivity contribution >= 4 is 11.7 Å². The molecule has 7 nitrogen and oxygen atoms in total. The van der Waals surface area contributed by atoms with Gasteiger partial charge in [0.1, 0.15) is 18.5 Å². The molecule has 0 spiro atoms. The molecular formula is C18H28N4O3. The number of rotatable bonds is 6. The van der Waals surface area contributed by atoms with Gasteiger partial charge in [0, 0.05) is 18.8 Å². The first-order chi connectivity index (χ1) is 12.1. The van der Waals surface area contributed by atoms with E-state index in [0.29, 0.717) is 25.6 Å². The molecule has 2 fully saturated rings. The van der Waals surface area contributed by atoms with E-state index in [2.05, 4.69) is 29.1 Å². The Morgan fingerprint density at radius 2 is 2.24 bits per heavy atom. The van der Waals surface area contributed by atoms with Crippen LogP contribution in [-0.2, 0) is 14.3 Å². The standard InChI is InChI=1S/C18H28N4O3/c1-13(2)20-16-7-8-19-18(21-16)15-11-24-10-9-22(15)17(23)12-25-14-5-3-4-6-14/h7-8,13-15H,3-6,9-12H2,1-2H3,(H,19,20,21)/t15-/m1/s1. The van der Waals surface area contributed by atoms with Gasteiger partial charge in [-0.05, 0) is 32.8 Å². The zero-order valence-corrected chi connectivity index (χ0v) is 15.1. The fourth-order valence-corrected chi connectivity index (χ4v) is 3.35. The van der Waals surface area contributed by atoms with Crippen LogP contribution in [0.25, 0.3) is 0 Å². The molecule has 7 heteroatoms. The number of ether oxygens (including phenoxy) is 2. The maximum atomic E-state index is 12.7. The van der Waals surface area contributed by atoms with Crippen LogP contribution in [0.3, 0.4) is 0 Å². The van der Waals surface area contributed by atoms with Crippen LogP contribution in [0.5, 0.6) is 0 Å². The maximum absolute atomic E-state index is 12.7. The summed E-state index contributed by atoms with van der Waals surface area (Å²) in [5.74, 6) is 1.37. The molecule has 2 aliphatic rings. The molecule has 138 valence electrons. The summed E-state index contributed by atoms with van der Waals surface area (Å²) in [5.41, 5.74) is 0. The minimum atomic E-state index is -0.262. The summed E-state index contributed by atoms with van der Waals surface area (Å²) in [5, 5.41) is 3.27. The van der Waals surface area contributed by atoms with Gasteiger partial charge in [-0.2, -0.15) is 0 Å². The average molecular weight is 348 g/mol. The summed E-state index contributed by atoms with van der Waals surface area (Å²) < 4.78 is 11.4. The van der Waals surface area contributed by atoms with Crippen molar-refractivity contribution in [2.45, 2.75) is 57.7 Å². The van der Waals surface area contributed by atoms with Gasteiger partial charge in [-0.15, -0.1) is 0 Å². The number of amides is 1. The van der Waals surface area contributed by atoms with E-state index in [0.717, 1.165) is 18.7 Å². The highest BCUT2D eigenvalue weighted by Gasteiger charge is 2.31. The highest BCUT2D eigenvalue weighted by Crippen LogP contribution is 2.24. The summed E-state index contributed by atoms with van der Waals surface area (Å²) in [6, 6.07) is 1.85. The van der Waals surface area contributed by atoms with Gasteiger partial charge in [0.15, 0.2) is 5.82 Å². The van der Waals surface area contributed by atoms with E-state index < -0.39 is 0 Å². The lowest BCUT2D eigenvalue weighted by Crippen LogP contribution is -2.45. The van der Waals surface area contributed by atoms with Crippen molar-refractivity contribution in [1.82, 2.24) is 14.9 Å². The van der Waals surface area contributed by atoms with Gasteiger partial charge in [0.25, 0.3) is 0 Å². The van der Waals surface area contributed by atoms with Crippen molar-refractivity contribution in [2.75, 3.05) is 31.7 Å². The highest BCUT2D eigenvalue weighted by atomic mass is 16.5. The first-order valence-corrected chi connectivity index (χ1v) is 9.22. The van der Waals surface area contributed by atoms with Crippen LogP contribution in [-0.4, -0.2) is 59.3 Å². The molecule has 1 saturated heterocycles. The summed E-state index contributed by atoms with van der Waals surface area (Å²) in [6.45, 7) is 5.74. The van der Waals surface area contributed by atoms with Crippen LogP contribution in [0, 0.1) is 0 Å². The van der Waals surface area contributed by atoms with E-state index >= 15 is 0 Å². The Morgan fingerprint density at radius 3 is 3.00 bits per heavy atom. The van der Waals surface area contributed by atoms with Crippen molar-refractivity contribution in [1.29, 1.82) is 0 Å². The van der Waals surface area contributed by atoms with Crippen molar-refractivity contribution in [3.8, 4) is 0 Å². The molecule has 0 aromatic carbocycles. The predicted molar refractivity (Wildman–Crippen MR) is 94.3 cm³/mol. The van der Waals surface area contributed by atoms with Crippen LogP contribution in [0.4, 0.5) is 5.82 Å². The van der Waals surface area contributed by atoms with E-state index in [1.54, 1.807) is 11.1 Å². The van der Waals surface area contributed by atoms with Crippen LogP contribution >= 0.6 is 0 Å². The number of morpholine rings is 1. The second-order valence-corrected chi connectivity index (χ2v) is 6.99. The third-order valence-electron chi connectivity index (χ3n) is 4.60. The molecule has 1 N–H and O–H groups in total. The van der Waals surface area contributed by atoms with Gasteiger partial charge >= 0.3 is 0 Å². The molecule has 1 amide bonds. The lowest BCUT2D eigenvalue weighted by molar-refractivity contribution is -0.147. The molecule has 0 bridgehead atoms. The summed E-state index contributed by atoms with van der Waals surface area (Å²) in [7, 11) is 0. The number of hydrogen-bond acceptors (Lipinski definition) is 6. The molecule has 3 rings (SSSR count). The van der Waals surface area contributed by atoms with Gasteiger partial charge in [0.2, 0.25) is 5.91 Å². The molecule has 1 aromatic rings. The second-order valence-electron chi connectivity index (χ2n) is 6.99. The second kappa shape index (κ2) is 8.58. The normalized spacial score (nSPS) is 21.7. The molecule has 1 aliphatic heterocycles. The lowest BCUT2D eigenvalue weighted by Gasteiger charge is -2.34. The van der Waals surface area contributed by atoms with Gasteiger partial charge < -0.3 is 19.7 Å². The summed E-state index contributed by atoms with van der Waals surface area (Å²) in [6.07, 6.45) is 6.47. The number of carbonyl (C=O) groups is 1. The van der Waals surface area contributed by atoms with Crippen LogP contribution in [0.2, 0.25) is 0 Å². The SMILES string of the molecule is CC(C)Nc1ccnc([C@H]2COCCN2C(=O)COC2CCCC2)n1. The smallest absolute Gasteiger partial charge is 0.249 e. The Kier molecular flexibility index (Phi) is 6.20. The van der Waals surface area contributed by atoms with Gasteiger partial charge in [-0.1, -0.05) is 12.8 Å². The van der Waals surface area contributed by atoms with Crippen molar-refractivity contribution < 1.29 is 14.3 Å². The van der Waals surface area contributed by atoms with E-state index in [1.165, 1.54) is 12.8 Å². The Labute approximate surface area is 149 Å². The molecule has 1 aromatic heterocycles. The van der Waals surface area contributed by atoms with Crippen LogP contribution in [0.15, 0.2) is 12.3 Å². The monoisotopic (exact) mass is 348 g/mol. The molecule has 1 aliphatic carbocycles. The number of carbonyl (C=O) groups excluding carboxylic acids is 1. The highest BCUT2D eigenvalue weighted by molar-refractivity contribution is 5.78. The predicted octanol–water partition coefficient (Wildman–Crippen LogP) is 2.16. The largest absolute Gasteiger partial charge is 0.377 e. The Morgan fingerprint density at radius 1 is 1.44 bits per heavy atom. The first-order valence-electron chi connectivity index (χ1n) is 9.22. The van der Waals surface area contributed by atoms with E-state index in [-0.39, 0.29) is 30.7 Å². The third-order valence-corrected chi connectivity index (χ3v) is 4.60. The minimum Gasteiger partial charge on any atom is -0.377 e. The number of aromatic nitrogens is 2. The van der Waals surface area contributed by atoms with Crippen LogP contribution in [0.1, 0.15) is 51.4 Å². The number of nitrogens with one attached hydrogen (secondary N) is 1. The fourth-order valence-electron chi connectivity index (χ4n) is 3.35. The summed E-state index contributed by atoms with van der Waals surface area (Å²) in [4.78, 5) is 23.4.